The lowest BCUT2D eigenvalue weighted by Gasteiger charge is -2.32. The summed E-state index contributed by atoms with van der Waals surface area (Å²) in [7, 11) is 0. The summed E-state index contributed by atoms with van der Waals surface area (Å²) in [5.41, 5.74) is 5.07. The topological polar surface area (TPSA) is 58.1 Å². The number of amides is 1. The predicted octanol–water partition coefficient (Wildman–Crippen LogP) is 5.38. The Morgan fingerprint density at radius 1 is 1.07 bits per heavy atom. The van der Waals surface area contributed by atoms with E-state index in [0.717, 1.165) is 52.2 Å². The van der Waals surface area contributed by atoms with Crippen LogP contribution in [0.4, 0.5) is 11.5 Å². The fourth-order valence-corrected chi connectivity index (χ4v) is 3.98. The number of hydrogen-bond acceptors (Lipinski definition) is 4. The molecule has 1 aliphatic heterocycles. The van der Waals surface area contributed by atoms with Crippen molar-refractivity contribution >= 4 is 33.3 Å². The first-order valence-electron chi connectivity index (χ1n) is 10.2. The van der Waals surface area contributed by atoms with E-state index in [-0.39, 0.29) is 11.8 Å². The van der Waals surface area contributed by atoms with Crippen LogP contribution in [0.25, 0.3) is 11.3 Å². The lowest BCUT2D eigenvalue weighted by Crippen LogP contribution is -2.41. The maximum Gasteiger partial charge on any atom is 0.229 e. The molecule has 1 N–H and O–H groups in total. The Labute approximate surface area is 185 Å². The van der Waals surface area contributed by atoms with Gasteiger partial charge in [0.1, 0.15) is 0 Å². The monoisotopic (exact) mass is 464 g/mol. The lowest BCUT2D eigenvalue weighted by molar-refractivity contribution is -0.120. The van der Waals surface area contributed by atoms with E-state index in [1.165, 1.54) is 5.56 Å². The van der Waals surface area contributed by atoms with Crippen LogP contribution in [0.1, 0.15) is 24.0 Å². The second-order valence-electron chi connectivity index (χ2n) is 7.88. The molecule has 154 valence electrons. The number of nitrogens with zero attached hydrogens (tertiary/aromatic N) is 3. The van der Waals surface area contributed by atoms with Gasteiger partial charge in [-0.15, -0.1) is 10.2 Å². The molecule has 1 atom stereocenters. The number of nitrogens with one attached hydrogen (secondary N) is 1. The minimum Gasteiger partial charge on any atom is -0.354 e. The van der Waals surface area contributed by atoms with Crippen molar-refractivity contribution in [1.82, 2.24) is 10.2 Å². The minimum atomic E-state index is -0.0683. The maximum absolute atomic E-state index is 12.8. The molecule has 1 saturated heterocycles. The van der Waals surface area contributed by atoms with Crippen LogP contribution < -0.4 is 10.2 Å². The standard InChI is InChI=1S/C24H25BrN4O/c1-16-5-7-18(8-6-16)22-11-12-23(28-27-22)29-13-3-4-19(15-29)24(30)26-20-9-10-21(25)17(2)14-20/h5-12,14,19H,3-4,13,15H2,1-2H3,(H,26,30)/t19-/m1/s1. The van der Waals surface area contributed by atoms with E-state index in [9.17, 15) is 4.79 Å². The normalized spacial score (nSPS) is 16.4. The fourth-order valence-electron chi connectivity index (χ4n) is 3.74. The summed E-state index contributed by atoms with van der Waals surface area (Å²) in [6, 6.07) is 18.1. The molecular formula is C24H25BrN4O. The minimum absolute atomic E-state index is 0.0608. The molecule has 0 spiro atoms. The maximum atomic E-state index is 12.8. The fraction of sp³-hybridized carbons (Fsp3) is 0.292. The van der Waals surface area contributed by atoms with E-state index in [0.29, 0.717) is 6.54 Å². The third-order valence-electron chi connectivity index (χ3n) is 5.54. The van der Waals surface area contributed by atoms with Crippen molar-refractivity contribution in [3.63, 3.8) is 0 Å². The third kappa shape index (κ3) is 4.70. The van der Waals surface area contributed by atoms with Crippen molar-refractivity contribution in [3.8, 4) is 11.3 Å². The Bertz CT molecular complexity index is 1030. The van der Waals surface area contributed by atoms with Gasteiger partial charge in [-0.25, -0.2) is 0 Å². The van der Waals surface area contributed by atoms with Crippen molar-refractivity contribution in [1.29, 1.82) is 0 Å². The Kier molecular flexibility index (Phi) is 6.13. The van der Waals surface area contributed by atoms with Gasteiger partial charge >= 0.3 is 0 Å². The molecule has 5 nitrogen and oxygen atoms in total. The second kappa shape index (κ2) is 8.96. The van der Waals surface area contributed by atoms with Crippen LogP contribution in [0.15, 0.2) is 59.1 Å². The van der Waals surface area contributed by atoms with Crippen LogP contribution in [0.5, 0.6) is 0 Å². The van der Waals surface area contributed by atoms with E-state index in [2.05, 4.69) is 67.5 Å². The number of aryl methyl sites for hydroxylation is 2. The van der Waals surface area contributed by atoms with Crippen molar-refractivity contribution in [3.05, 3.63) is 70.2 Å². The number of rotatable bonds is 4. The number of anilines is 2. The molecule has 4 rings (SSSR count). The Morgan fingerprint density at radius 3 is 2.57 bits per heavy atom. The first kappa shape index (κ1) is 20.5. The highest BCUT2D eigenvalue weighted by Crippen LogP contribution is 2.25. The molecule has 0 radical (unpaired) electrons. The van der Waals surface area contributed by atoms with E-state index < -0.39 is 0 Å². The molecule has 0 saturated carbocycles. The SMILES string of the molecule is Cc1ccc(-c2ccc(N3CCC[C@@H](C(=O)Nc4ccc(Br)c(C)c4)C3)nn2)cc1. The quantitative estimate of drug-likeness (QED) is 0.562. The smallest absolute Gasteiger partial charge is 0.229 e. The highest BCUT2D eigenvalue weighted by molar-refractivity contribution is 9.10. The van der Waals surface area contributed by atoms with Gasteiger partial charge in [-0.05, 0) is 62.6 Å². The van der Waals surface area contributed by atoms with Gasteiger partial charge in [0.25, 0.3) is 0 Å². The molecular weight excluding hydrogens is 440 g/mol. The zero-order chi connectivity index (χ0) is 21.1. The van der Waals surface area contributed by atoms with Gasteiger partial charge in [0.2, 0.25) is 5.91 Å². The molecule has 0 aliphatic carbocycles. The van der Waals surface area contributed by atoms with Gasteiger partial charge in [-0.2, -0.15) is 0 Å². The number of aromatic nitrogens is 2. The van der Waals surface area contributed by atoms with Crippen LogP contribution in [0.3, 0.4) is 0 Å². The predicted molar refractivity (Wildman–Crippen MR) is 125 cm³/mol. The zero-order valence-corrected chi connectivity index (χ0v) is 18.8. The lowest BCUT2D eigenvalue weighted by atomic mass is 9.97. The summed E-state index contributed by atoms with van der Waals surface area (Å²) in [6.45, 7) is 5.63. The van der Waals surface area contributed by atoms with Crippen molar-refractivity contribution in [2.24, 2.45) is 5.92 Å². The molecule has 1 aliphatic rings. The molecule has 1 aromatic heterocycles. The summed E-state index contributed by atoms with van der Waals surface area (Å²) in [6.07, 6.45) is 1.84. The van der Waals surface area contributed by atoms with Gasteiger partial charge < -0.3 is 10.2 Å². The molecule has 30 heavy (non-hydrogen) atoms. The van der Waals surface area contributed by atoms with Gasteiger partial charge in [-0.3, -0.25) is 4.79 Å². The van der Waals surface area contributed by atoms with Crippen LogP contribution >= 0.6 is 15.9 Å². The van der Waals surface area contributed by atoms with Crippen LogP contribution in [0, 0.1) is 19.8 Å². The largest absolute Gasteiger partial charge is 0.354 e. The van der Waals surface area contributed by atoms with Crippen LogP contribution in [-0.4, -0.2) is 29.2 Å². The molecule has 3 aromatic rings. The number of carbonyl (C=O) groups is 1. The number of halogens is 1. The van der Waals surface area contributed by atoms with Gasteiger partial charge in [0, 0.05) is 28.8 Å². The summed E-state index contributed by atoms with van der Waals surface area (Å²) >= 11 is 3.50. The average molecular weight is 465 g/mol. The Hall–Kier alpha value is -2.73. The van der Waals surface area contributed by atoms with Crippen molar-refractivity contribution < 1.29 is 4.79 Å². The Balaban J connectivity index is 1.42. The Morgan fingerprint density at radius 2 is 1.87 bits per heavy atom. The van der Waals surface area contributed by atoms with Crippen LogP contribution in [0.2, 0.25) is 0 Å². The average Bonchev–Trinajstić information content (AvgIpc) is 2.77. The number of carbonyl (C=O) groups excluding carboxylic acids is 1. The summed E-state index contributed by atoms with van der Waals surface area (Å²) in [4.78, 5) is 15.0. The van der Waals surface area contributed by atoms with Gasteiger partial charge in [0.15, 0.2) is 5.82 Å². The van der Waals surface area contributed by atoms with E-state index >= 15 is 0 Å². The molecule has 1 fully saturated rings. The summed E-state index contributed by atoms with van der Waals surface area (Å²) < 4.78 is 1.04. The number of piperidine rings is 1. The van der Waals surface area contributed by atoms with Gasteiger partial charge in [0.05, 0.1) is 11.6 Å². The highest BCUT2D eigenvalue weighted by Gasteiger charge is 2.27. The molecule has 2 heterocycles. The zero-order valence-electron chi connectivity index (χ0n) is 17.2. The van der Waals surface area contributed by atoms with E-state index in [1.807, 2.05) is 37.3 Å². The number of hydrogen-bond donors (Lipinski definition) is 1. The summed E-state index contributed by atoms with van der Waals surface area (Å²) in [5.74, 6) is 0.815. The molecule has 0 bridgehead atoms. The molecule has 1 amide bonds. The first-order valence-corrected chi connectivity index (χ1v) is 11.0. The highest BCUT2D eigenvalue weighted by atomic mass is 79.9. The molecule has 0 unspecified atom stereocenters. The number of benzene rings is 2. The third-order valence-corrected chi connectivity index (χ3v) is 6.43. The van der Waals surface area contributed by atoms with E-state index in [4.69, 9.17) is 0 Å². The molecule has 6 heteroatoms. The van der Waals surface area contributed by atoms with Crippen molar-refractivity contribution in [2.45, 2.75) is 26.7 Å². The second-order valence-corrected chi connectivity index (χ2v) is 8.74. The summed E-state index contributed by atoms with van der Waals surface area (Å²) in [5, 5.41) is 11.9. The molecule has 2 aromatic carbocycles. The first-order chi connectivity index (χ1) is 14.5. The van der Waals surface area contributed by atoms with Gasteiger partial charge in [-0.1, -0.05) is 45.8 Å². The van der Waals surface area contributed by atoms with E-state index in [1.54, 1.807) is 0 Å². The van der Waals surface area contributed by atoms with Crippen molar-refractivity contribution in [2.75, 3.05) is 23.3 Å². The van der Waals surface area contributed by atoms with Crippen LogP contribution in [-0.2, 0) is 4.79 Å².